The second-order valence-corrected chi connectivity index (χ2v) is 8.75. The van der Waals surface area contributed by atoms with Gasteiger partial charge in [0.05, 0.1) is 13.2 Å². The van der Waals surface area contributed by atoms with Crippen molar-refractivity contribution >= 4 is 0 Å². The molecule has 0 atom stereocenters. The summed E-state index contributed by atoms with van der Waals surface area (Å²) in [5, 5.41) is 0. The van der Waals surface area contributed by atoms with Crippen LogP contribution >= 0.6 is 0 Å². The fourth-order valence-electron chi connectivity index (χ4n) is 3.74. The molecule has 0 saturated heterocycles. The molecule has 0 spiro atoms. The Balaban J connectivity index is 1.46. The average Bonchev–Trinajstić information content (AvgIpc) is 2.85. The highest BCUT2D eigenvalue weighted by Gasteiger charge is 2.07. The standard InChI is InChI=1S/C30H36F2O2/c1-3-5-19-33-29-17-15-25(21-27(29)31)13-11-23-7-9-24(10-8-23)12-14-26-16-18-30(28(32)22-26)34-20-6-4-2/h7-10,15-18,21-22H,3-6,11-14,19-20H2,1-2H3. The van der Waals surface area contributed by atoms with Crippen molar-refractivity contribution in [2.45, 2.75) is 65.2 Å². The Hall–Kier alpha value is -2.88. The highest BCUT2D eigenvalue weighted by molar-refractivity contribution is 5.32. The average molecular weight is 467 g/mol. The Kier molecular flexibility index (Phi) is 10.4. The molecule has 0 bridgehead atoms. The second-order valence-electron chi connectivity index (χ2n) is 8.75. The zero-order chi connectivity index (χ0) is 24.2. The van der Waals surface area contributed by atoms with Crippen LogP contribution in [0, 0.1) is 11.6 Å². The van der Waals surface area contributed by atoms with Crippen molar-refractivity contribution in [2.24, 2.45) is 0 Å². The number of unbranched alkanes of at least 4 members (excludes halogenated alkanes) is 2. The molecule has 3 aromatic rings. The predicted octanol–water partition coefficient (Wildman–Crippen LogP) is 7.89. The third kappa shape index (κ3) is 8.16. The van der Waals surface area contributed by atoms with Crippen molar-refractivity contribution in [3.05, 3.63) is 94.6 Å². The maximum atomic E-state index is 14.2. The third-order valence-corrected chi connectivity index (χ3v) is 5.93. The molecule has 3 rings (SSSR count). The first-order valence-electron chi connectivity index (χ1n) is 12.5. The summed E-state index contributed by atoms with van der Waals surface area (Å²) in [6.07, 6.45) is 7.15. The van der Waals surface area contributed by atoms with Gasteiger partial charge < -0.3 is 9.47 Å². The molecule has 0 unspecified atom stereocenters. The molecule has 182 valence electrons. The summed E-state index contributed by atoms with van der Waals surface area (Å²) in [4.78, 5) is 0. The topological polar surface area (TPSA) is 18.5 Å². The van der Waals surface area contributed by atoms with Gasteiger partial charge in [0.2, 0.25) is 0 Å². The molecule has 0 N–H and O–H groups in total. The van der Waals surface area contributed by atoms with E-state index in [-0.39, 0.29) is 11.6 Å². The molecule has 2 nitrogen and oxygen atoms in total. The maximum absolute atomic E-state index is 14.2. The highest BCUT2D eigenvalue weighted by Crippen LogP contribution is 2.21. The summed E-state index contributed by atoms with van der Waals surface area (Å²) in [6, 6.07) is 19.0. The van der Waals surface area contributed by atoms with Gasteiger partial charge in [-0.3, -0.25) is 0 Å². The third-order valence-electron chi connectivity index (χ3n) is 5.93. The van der Waals surface area contributed by atoms with Crippen LogP contribution in [0.25, 0.3) is 0 Å². The number of rotatable bonds is 14. The van der Waals surface area contributed by atoms with Crippen LogP contribution in [0.1, 0.15) is 61.8 Å². The van der Waals surface area contributed by atoms with Crippen molar-refractivity contribution in [3.63, 3.8) is 0 Å². The Bertz CT molecular complexity index is 932. The molecular formula is C30H36F2O2. The van der Waals surface area contributed by atoms with Gasteiger partial charge in [0.25, 0.3) is 0 Å². The maximum Gasteiger partial charge on any atom is 0.165 e. The minimum atomic E-state index is -0.291. The summed E-state index contributed by atoms with van der Waals surface area (Å²) in [7, 11) is 0. The van der Waals surface area contributed by atoms with Crippen LogP contribution in [0.15, 0.2) is 60.7 Å². The van der Waals surface area contributed by atoms with Crippen LogP contribution in [0.5, 0.6) is 11.5 Å². The molecule has 0 aliphatic heterocycles. The molecule has 0 aliphatic rings. The predicted molar refractivity (Wildman–Crippen MR) is 135 cm³/mol. The van der Waals surface area contributed by atoms with Crippen LogP contribution in [0.2, 0.25) is 0 Å². The van der Waals surface area contributed by atoms with E-state index >= 15 is 0 Å². The van der Waals surface area contributed by atoms with E-state index in [4.69, 9.17) is 9.47 Å². The van der Waals surface area contributed by atoms with Gasteiger partial charge in [-0.15, -0.1) is 0 Å². The molecule has 3 aromatic carbocycles. The Labute approximate surface area is 202 Å². The molecule has 0 radical (unpaired) electrons. The summed E-state index contributed by atoms with van der Waals surface area (Å²) < 4.78 is 39.5. The zero-order valence-corrected chi connectivity index (χ0v) is 20.4. The first-order chi connectivity index (χ1) is 16.6. The molecule has 4 heteroatoms. The zero-order valence-electron chi connectivity index (χ0n) is 20.4. The fourth-order valence-corrected chi connectivity index (χ4v) is 3.74. The quantitative estimate of drug-likeness (QED) is 0.225. The van der Waals surface area contributed by atoms with Crippen molar-refractivity contribution in [3.8, 4) is 11.5 Å². The van der Waals surface area contributed by atoms with Crippen molar-refractivity contribution in [2.75, 3.05) is 13.2 Å². The minimum absolute atomic E-state index is 0.291. The van der Waals surface area contributed by atoms with Crippen LogP contribution in [-0.4, -0.2) is 13.2 Å². The van der Waals surface area contributed by atoms with Gasteiger partial charge >= 0.3 is 0 Å². The van der Waals surface area contributed by atoms with Gasteiger partial charge in [-0.2, -0.15) is 0 Å². The monoisotopic (exact) mass is 466 g/mol. The van der Waals surface area contributed by atoms with Gasteiger partial charge in [-0.05, 0) is 85.0 Å². The van der Waals surface area contributed by atoms with Crippen LogP contribution in [-0.2, 0) is 25.7 Å². The number of halogens is 2. The molecule has 0 aromatic heterocycles. The van der Waals surface area contributed by atoms with Gasteiger partial charge in [-0.1, -0.05) is 63.1 Å². The number of aryl methyl sites for hydroxylation is 4. The van der Waals surface area contributed by atoms with E-state index in [1.807, 2.05) is 12.1 Å². The molecule has 0 saturated carbocycles. The van der Waals surface area contributed by atoms with Gasteiger partial charge in [0.1, 0.15) is 0 Å². The smallest absolute Gasteiger partial charge is 0.165 e. The van der Waals surface area contributed by atoms with E-state index in [1.165, 1.54) is 11.1 Å². The number of benzene rings is 3. The first kappa shape index (κ1) is 25.7. The van der Waals surface area contributed by atoms with E-state index in [0.717, 1.165) is 62.5 Å². The number of ether oxygens (including phenoxy) is 2. The molecule has 0 amide bonds. The van der Waals surface area contributed by atoms with Crippen molar-refractivity contribution in [1.29, 1.82) is 0 Å². The van der Waals surface area contributed by atoms with Crippen LogP contribution in [0.4, 0.5) is 8.78 Å². The number of hydrogen-bond acceptors (Lipinski definition) is 2. The lowest BCUT2D eigenvalue weighted by molar-refractivity contribution is 0.294. The van der Waals surface area contributed by atoms with Gasteiger partial charge in [0, 0.05) is 0 Å². The fraction of sp³-hybridized carbons (Fsp3) is 0.400. The summed E-state index contributed by atoms with van der Waals surface area (Å²) in [6.45, 7) is 5.26. The Morgan fingerprint density at radius 1 is 0.529 bits per heavy atom. The molecule has 0 heterocycles. The largest absolute Gasteiger partial charge is 0.491 e. The van der Waals surface area contributed by atoms with E-state index in [1.54, 1.807) is 24.3 Å². The molecule has 0 fully saturated rings. The summed E-state index contributed by atoms with van der Waals surface area (Å²) in [5.74, 6) is 0.0853. The lowest BCUT2D eigenvalue weighted by Crippen LogP contribution is -2.00. The van der Waals surface area contributed by atoms with E-state index in [9.17, 15) is 8.78 Å². The minimum Gasteiger partial charge on any atom is -0.491 e. The molecular weight excluding hydrogens is 430 g/mol. The lowest BCUT2D eigenvalue weighted by Gasteiger charge is -2.09. The lowest BCUT2D eigenvalue weighted by atomic mass is 10.00. The Morgan fingerprint density at radius 3 is 1.24 bits per heavy atom. The highest BCUT2D eigenvalue weighted by atomic mass is 19.1. The van der Waals surface area contributed by atoms with Crippen molar-refractivity contribution < 1.29 is 18.3 Å². The van der Waals surface area contributed by atoms with E-state index in [2.05, 4.69) is 38.1 Å². The van der Waals surface area contributed by atoms with Crippen LogP contribution in [0.3, 0.4) is 0 Å². The van der Waals surface area contributed by atoms with Crippen molar-refractivity contribution in [1.82, 2.24) is 0 Å². The number of hydrogen-bond donors (Lipinski definition) is 0. The summed E-state index contributed by atoms with van der Waals surface area (Å²) in [5.41, 5.74) is 4.36. The van der Waals surface area contributed by atoms with Crippen LogP contribution < -0.4 is 9.47 Å². The molecule has 0 aliphatic carbocycles. The normalized spacial score (nSPS) is 10.9. The van der Waals surface area contributed by atoms with Gasteiger partial charge in [-0.25, -0.2) is 8.78 Å². The first-order valence-corrected chi connectivity index (χ1v) is 12.5. The van der Waals surface area contributed by atoms with E-state index < -0.39 is 0 Å². The second kappa shape index (κ2) is 13.7. The van der Waals surface area contributed by atoms with Gasteiger partial charge in [0.15, 0.2) is 23.1 Å². The van der Waals surface area contributed by atoms with E-state index in [0.29, 0.717) is 24.7 Å². The SMILES string of the molecule is CCCCOc1ccc(CCc2ccc(CCc3ccc(OCCCC)c(F)c3)cc2)cc1F. The Morgan fingerprint density at radius 2 is 0.882 bits per heavy atom. The summed E-state index contributed by atoms with van der Waals surface area (Å²) >= 11 is 0. The molecule has 34 heavy (non-hydrogen) atoms.